The second kappa shape index (κ2) is 31.4. The normalized spacial score (nSPS) is 16.1. The molecule has 8 aromatic rings. The molecule has 0 aliphatic heterocycles. The molecule has 7 N–H and O–H groups in total. The number of hydrogen-bond acceptors (Lipinski definition) is 22. The van der Waals surface area contributed by atoms with Gasteiger partial charge in [-0.3, -0.25) is 14.4 Å². The number of nitrogen functional groups attached to an aromatic ring is 2. The molecule has 0 saturated heterocycles. The lowest BCUT2D eigenvalue weighted by molar-refractivity contribution is -0.136. The van der Waals surface area contributed by atoms with Crippen molar-refractivity contribution in [2.45, 2.75) is 101 Å². The Kier molecular flexibility index (Phi) is 23.7. The van der Waals surface area contributed by atoms with Gasteiger partial charge in [0.25, 0.3) is 0 Å². The minimum absolute atomic E-state index is 0.0725. The summed E-state index contributed by atoms with van der Waals surface area (Å²) in [6.45, 7) is 0. The van der Waals surface area contributed by atoms with Gasteiger partial charge in [-0.05, 0) is 111 Å². The molecule has 4 aromatic heterocycles. The van der Waals surface area contributed by atoms with E-state index in [9.17, 15) is 31.9 Å². The quantitative estimate of drug-likeness (QED) is 0.0529. The van der Waals surface area contributed by atoms with Crippen LogP contribution in [0, 0.1) is 34.6 Å². The van der Waals surface area contributed by atoms with Crippen LogP contribution in [-0.4, -0.2) is 92.1 Å². The maximum Gasteiger partial charge on any atom is 0.307 e. The summed E-state index contributed by atoms with van der Waals surface area (Å²) in [4.78, 5) is 35.4. The summed E-state index contributed by atoms with van der Waals surface area (Å²) in [5.41, 5.74) is 12.2. The fourth-order valence-electron chi connectivity index (χ4n) is 9.18. The van der Waals surface area contributed by atoms with Crippen molar-refractivity contribution in [2.75, 3.05) is 50.5 Å². The van der Waals surface area contributed by atoms with Gasteiger partial charge in [-0.25, -0.2) is 17.6 Å². The number of carbonyl (C=O) groups is 3. The molecular weight excluding hydrogens is 1190 g/mol. The van der Waals surface area contributed by atoms with Crippen LogP contribution in [0.5, 0.6) is 23.0 Å². The number of ether oxygens (including phenoxy) is 4. The van der Waals surface area contributed by atoms with Crippen LogP contribution in [0.2, 0.25) is 0 Å². The highest BCUT2D eigenvalue weighted by molar-refractivity contribution is 7.16. The van der Waals surface area contributed by atoms with Gasteiger partial charge in [0, 0.05) is 45.9 Å². The Labute approximate surface area is 501 Å². The molecule has 21 nitrogen and oxygen atoms in total. The van der Waals surface area contributed by atoms with E-state index in [0.29, 0.717) is 60.9 Å². The minimum atomic E-state index is -1.06. The third kappa shape index (κ3) is 19.0. The first-order valence-corrected chi connectivity index (χ1v) is 29.5. The van der Waals surface area contributed by atoms with Crippen molar-refractivity contribution in [1.82, 2.24) is 40.8 Å². The van der Waals surface area contributed by atoms with E-state index in [1.54, 1.807) is 0 Å². The van der Waals surface area contributed by atoms with Crippen LogP contribution in [0.3, 0.4) is 0 Å². The molecular formula is C56H59F4N13O8S4. The summed E-state index contributed by atoms with van der Waals surface area (Å²) in [5.74, 6) is -0.603. The van der Waals surface area contributed by atoms with Gasteiger partial charge in [0.15, 0.2) is 0 Å². The summed E-state index contributed by atoms with van der Waals surface area (Å²) in [7, 11) is 5.90. The Morgan fingerprint density at radius 1 is 0.518 bits per heavy atom. The van der Waals surface area contributed by atoms with Crippen LogP contribution < -0.4 is 41.0 Å². The van der Waals surface area contributed by atoms with Gasteiger partial charge in [0.1, 0.15) is 66.3 Å². The van der Waals surface area contributed by atoms with Gasteiger partial charge in [-0.1, -0.05) is 58.2 Å². The van der Waals surface area contributed by atoms with Crippen LogP contribution in [0.25, 0.3) is 0 Å². The molecule has 0 radical (unpaired) electrons. The molecule has 0 bridgehead atoms. The summed E-state index contributed by atoms with van der Waals surface area (Å²) in [5, 5.41) is 60.7. The maximum absolute atomic E-state index is 14.1. The Hall–Kier alpha value is -8.46. The van der Waals surface area contributed by atoms with E-state index in [4.69, 9.17) is 40.8 Å². The Morgan fingerprint density at radius 2 is 0.835 bits per heavy atom. The van der Waals surface area contributed by atoms with Crippen LogP contribution in [0.1, 0.15) is 117 Å². The first kappa shape index (κ1) is 64.1. The Balaban J connectivity index is 0.000000195. The van der Waals surface area contributed by atoms with Crippen LogP contribution in [0.15, 0.2) is 72.8 Å². The molecule has 448 valence electrons. The number of carboxylic acids is 1. The SMILES string of the molecule is COc1ccc(F)c(CC#N)c1.COc1ccc(F)c(CC(=O)Nc2nnc([C@H]3CCC[C@H](c4nnc(NC(=O)Cc5cc(OC)ccc5F)s4)C3)s2)c1.COc1ccc(F)c(CC(=O)O)c1.Nc1nnc([C@H]2CCC[C@H](c3nnc(N)s3)C2)s1. The predicted octanol–water partition coefficient (Wildman–Crippen LogP) is 10.8. The van der Waals surface area contributed by atoms with E-state index in [0.717, 1.165) is 65.0 Å². The lowest BCUT2D eigenvalue weighted by Gasteiger charge is -2.25. The minimum Gasteiger partial charge on any atom is -0.497 e. The maximum atomic E-state index is 14.1. The predicted molar refractivity (Wildman–Crippen MR) is 313 cm³/mol. The number of benzene rings is 4. The molecule has 2 aliphatic rings. The summed E-state index contributed by atoms with van der Waals surface area (Å²) < 4.78 is 74.0. The fraction of sp³-hybridized carbons (Fsp3) is 0.357. The molecule has 2 saturated carbocycles. The zero-order valence-electron chi connectivity index (χ0n) is 46.4. The summed E-state index contributed by atoms with van der Waals surface area (Å²) >= 11 is 5.60. The zero-order valence-corrected chi connectivity index (χ0v) is 49.6. The molecule has 4 heterocycles. The van der Waals surface area contributed by atoms with E-state index >= 15 is 0 Å². The monoisotopic (exact) mass is 1250 g/mol. The number of halogens is 4. The Morgan fingerprint density at radius 3 is 1.15 bits per heavy atom. The second-order valence-electron chi connectivity index (χ2n) is 19.2. The van der Waals surface area contributed by atoms with Gasteiger partial charge in [0.2, 0.25) is 32.3 Å². The van der Waals surface area contributed by atoms with Gasteiger partial charge in [-0.2, -0.15) is 5.26 Å². The number of carbonyl (C=O) groups excluding carboxylic acids is 2. The van der Waals surface area contributed by atoms with Crippen molar-refractivity contribution in [1.29, 1.82) is 5.26 Å². The van der Waals surface area contributed by atoms with Crippen molar-refractivity contribution >= 4 is 83.7 Å². The number of amides is 2. The van der Waals surface area contributed by atoms with Crippen molar-refractivity contribution in [3.8, 4) is 29.1 Å². The van der Waals surface area contributed by atoms with E-state index in [1.807, 2.05) is 6.07 Å². The number of nitrogens with one attached hydrogen (secondary N) is 2. The smallest absolute Gasteiger partial charge is 0.307 e. The van der Waals surface area contributed by atoms with E-state index in [1.165, 1.54) is 153 Å². The van der Waals surface area contributed by atoms with Gasteiger partial charge >= 0.3 is 5.97 Å². The molecule has 4 atom stereocenters. The third-order valence-electron chi connectivity index (χ3n) is 13.4. The number of methoxy groups -OCH3 is 4. The van der Waals surface area contributed by atoms with Gasteiger partial charge in [-0.15, -0.1) is 40.8 Å². The zero-order chi connectivity index (χ0) is 61.0. The average molecular weight is 1250 g/mol. The molecule has 2 amide bonds. The molecule has 85 heavy (non-hydrogen) atoms. The average Bonchev–Trinajstić information content (AvgIpc) is 4.55. The highest BCUT2D eigenvalue weighted by Crippen LogP contribution is 2.45. The number of nitriles is 1. The number of aliphatic carboxylic acids is 1. The van der Waals surface area contributed by atoms with E-state index in [2.05, 4.69) is 51.4 Å². The van der Waals surface area contributed by atoms with Crippen molar-refractivity contribution in [2.24, 2.45) is 0 Å². The standard InChI is InChI=1S/C28H28F2N6O4S2.C10H14N6S2.C9H8FNO.C9H9FO3/c1-39-19-6-8-21(29)17(11-19)13-23(37)31-27-35-33-25(41-27)15-4-3-5-16(10-15)26-34-36-28(42-26)32-24(38)14-18-12-20(40-2)7-9-22(18)30;11-9-15-13-7(17-9)5-2-1-3-6(4-5)8-14-16-10(12)18-8;1-12-8-2-3-9(10)7(6-8)4-5-11;1-13-7-2-3-8(10)6(4-7)5-9(11)12/h6-9,11-12,15-16H,3-5,10,13-14H2,1-2H3,(H,31,35,37)(H,32,36,38);5-6H,1-4H2,(H2,11,15)(H2,12,16);2-3,6H,4H2,1H3;2-4H,5H2,1H3,(H,11,12)/t15-,16-;5-,6-;;/m00../s1. The first-order valence-electron chi connectivity index (χ1n) is 26.3. The molecule has 2 aliphatic carbocycles. The largest absolute Gasteiger partial charge is 0.497 e. The Bertz CT molecular complexity index is 3420. The van der Waals surface area contributed by atoms with Crippen molar-refractivity contribution in [3.05, 3.63) is 138 Å². The highest BCUT2D eigenvalue weighted by Gasteiger charge is 2.31. The molecule has 4 aromatic carbocycles. The summed E-state index contributed by atoms with van der Waals surface area (Å²) in [6.07, 6.45) is 7.51. The number of aromatic nitrogens is 8. The number of nitrogens with zero attached hydrogens (tertiary/aromatic N) is 9. The molecule has 10 rings (SSSR count). The molecule has 2 fully saturated rings. The number of carboxylic acid groups (broad SMARTS) is 1. The van der Waals surface area contributed by atoms with Crippen LogP contribution in [0.4, 0.5) is 38.1 Å². The molecule has 29 heteroatoms. The highest BCUT2D eigenvalue weighted by atomic mass is 32.1. The van der Waals surface area contributed by atoms with E-state index in [-0.39, 0.29) is 60.0 Å². The lowest BCUT2D eigenvalue weighted by atomic mass is 9.82. The topological polar surface area (TPSA) is 311 Å². The van der Waals surface area contributed by atoms with Crippen molar-refractivity contribution < 1.29 is 56.0 Å². The number of anilines is 4. The molecule has 0 unspecified atom stereocenters. The number of nitrogens with two attached hydrogens (primary N) is 2. The van der Waals surface area contributed by atoms with Crippen LogP contribution >= 0.6 is 45.3 Å². The third-order valence-corrected chi connectivity index (χ3v) is 17.2. The van der Waals surface area contributed by atoms with Gasteiger partial charge in [0.05, 0.1) is 60.2 Å². The fourth-order valence-corrected chi connectivity index (χ4v) is 12.5. The molecule has 0 spiro atoms. The van der Waals surface area contributed by atoms with Gasteiger partial charge < -0.3 is 46.2 Å². The lowest BCUT2D eigenvalue weighted by Crippen LogP contribution is -2.15. The van der Waals surface area contributed by atoms with E-state index < -0.39 is 35.2 Å². The van der Waals surface area contributed by atoms with Crippen LogP contribution in [-0.2, 0) is 40.1 Å². The number of rotatable bonds is 17. The summed E-state index contributed by atoms with van der Waals surface area (Å²) in [6, 6.07) is 18.8. The first-order chi connectivity index (χ1) is 40.9. The number of hydrogen-bond donors (Lipinski definition) is 5. The second-order valence-corrected chi connectivity index (χ2v) is 23.3. The van der Waals surface area contributed by atoms with Crippen molar-refractivity contribution in [3.63, 3.8) is 0 Å².